The lowest BCUT2D eigenvalue weighted by Gasteiger charge is -2.17. The Kier molecular flexibility index (Phi) is 3.97. The molecule has 0 aliphatic heterocycles. The standard InChI is InChI=1S/C22H20N2/c1-16(20-11-6-9-18-7-2-4-10-21(18)20)23-14-17-13-19-8-3-5-12-22(19)24-15-17/h2-13,15-16,23H,14H2,1H3. The first-order valence-electron chi connectivity index (χ1n) is 8.36. The molecule has 1 aromatic heterocycles. The molecule has 3 aromatic carbocycles. The molecule has 0 saturated heterocycles. The number of rotatable bonds is 4. The van der Waals surface area contributed by atoms with Crippen LogP contribution in [0.15, 0.2) is 79.0 Å². The highest BCUT2D eigenvalue weighted by Gasteiger charge is 2.09. The molecule has 0 amide bonds. The number of para-hydroxylation sites is 1. The molecule has 4 rings (SSSR count). The summed E-state index contributed by atoms with van der Waals surface area (Å²) in [5.41, 5.74) is 3.59. The third-order valence-corrected chi connectivity index (χ3v) is 4.55. The summed E-state index contributed by atoms with van der Waals surface area (Å²) in [5.74, 6) is 0. The molecule has 0 saturated carbocycles. The zero-order chi connectivity index (χ0) is 16.4. The van der Waals surface area contributed by atoms with Crippen molar-refractivity contribution in [3.05, 3.63) is 90.1 Å². The summed E-state index contributed by atoms with van der Waals surface area (Å²) in [5, 5.41) is 7.43. The van der Waals surface area contributed by atoms with Gasteiger partial charge < -0.3 is 5.32 Å². The number of pyridine rings is 1. The van der Waals surface area contributed by atoms with E-state index in [0.717, 1.165) is 12.1 Å². The van der Waals surface area contributed by atoms with Crippen molar-refractivity contribution in [2.75, 3.05) is 0 Å². The molecule has 118 valence electrons. The summed E-state index contributed by atoms with van der Waals surface area (Å²) in [6, 6.07) is 25.8. The zero-order valence-electron chi connectivity index (χ0n) is 13.7. The van der Waals surface area contributed by atoms with Crippen molar-refractivity contribution in [1.29, 1.82) is 0 Å². The van der Waals surface area contributed by atoms with Gasteiger partial charge in [-0.2, -0.15) is 0 Å². The lowest BCUT2D eigenvalue weighted by atomic mass is 9.99. The average molecular weight is 312 g/mol. The number of hydrogen-bond acceptors (Lipinski definition) is 2. The van der Waals surface area contributed by atoms with Crippen molar-refractivity contribution in [2.45, 2.75) is 19.5 Å². The predicted molar refractivity (Wildman–Crippen MR) is 101 cm³/mol. The highest BCUT2D eigenvalue weighted by molar-refractivity contribution is 5.86. The monoisotopic (exact) mass is 312 g/mol. The van der Waals surface area contributed by atoms with E-state index in [1.54, 1.807) is 0 Å². The summed E-state index contributed by atoms with van der Waals surface area (Å²) in [6.45, 7) is 3.03. The van der Waals surface area contributed by atoms with Crippen LogP contribution in [0.25, 0.3) is 21.7 Å². The van der Waals surface area contributed by atoms with E-state index in [0.29, 0.717) is 0 Å². The van der Waals surface area contributed by atoms with Crippen LogP contribution >= 0.6 is 0 Å². The van der Waals surface area contributed by atoms with Gasteiger partial charge in [-0.1, -0.05) is 60.7 Å². The molecule has 0 bridgehead atoms. The van der Waals surface area contributed by atoms with Crippen LogP contribution in [-0.4, -0.2) is 4.98 Å². The van der Waals surface area contributed by atoms with Crippen molar-refractivity contribution in [1.82, 2.24) is 10.3 Å². The van der Waals surface area contributed by atoms with Gasteiger partial charge in [-0.15, -0.1) is 0 Å². The Labute approximate surface area is 142 Å². The highest BCUT2D eigenvalue weighted by atomic mass is 14.9. The molecule has 0 fully saturated rings. The summed E-state index contributed by atoms with van der Waals surface area (Å²) in [4.78, 5) is 4.54. The van der Waals surface area contributed by atoms with Crippen LogP contribution < -0.4 is 5.32 Å². The largest absolute Gasteiger partial charge is 0.306 e. The number of aromatic nitrogens is 1. The van der Waals surface area contributed by atoms with Gasteiger partial charge in [-0.05, 0) is 41.0 Å². The Balaban J connectivity index is 1.55. The minimum atomic E-state index is 0.280. The third-order valence-electron chi connectivity index (χ3n) is 4.55. The normalized spacial score (nSPS) is 12.5. The van der Waals surface area contributed by atoms with Crippen LogP contribution in [0.3, 0.4) is 0 Å². The Morgan fingerprint density at radius 2 is 1.62 bits per heavy atom. The second kappa shape index (κ2) is 6.42. The SMILES string of the molecule is CC(NCc1cnc2ccccc2c1)c1cccc2ccccc12. The van der Waals surface area contributed by atoms with E-state index in [4.69, 9.17) is 0 Å². The van der Waals surface area contributed by atoms with Crippen molar-refractivity contribution in [2.24, 2.45) is 0 Å². The molecule has 0 aliphatic rings. The fraction of sp³-hybridized carbons (Fsp3) is 0.136. The summed E-state index contributed by atoms with van der Waals surface area (Å²) in [7, 11) is 0. The van der Waals surface area contributed by atoms with E-state index in [-0.39, 0.29) is 6.04 Å². The van der Waals surface area contributed by atoms with Gasteiger partial charge in [0.05, 0.1) is 5.52 Å². The highest BCUT2D eigenvalue weighted by Crippen LogP contribution is 2.24. The maximum Gasteiger partial charge on any atom is 0.0702 e. The summed E-state index contributed by atoms with van der Waals surface area (Å²) < 4.78 is 0. The van der Waals surface area contributed by atoms with Gasteiger partial charge in [-0.25, -0.2) is 0 Å². The van der Waals surface area contributed by atoms with Gasteiger partial charge in [0.1, 0.15) is 0 Å². The fourth-order valence-electron chi connectivity index (χ4n) is 3.22. The quantitative estimate of drug-likeness (QED) is 0.557. The van der Waals surface area contributed by atoms with Crippen LogP contribution in [0.4, 0.5) is 0 Å². The van der Waals surface area contributed by atoms with E-state index >= 15 is 0 Å². The van der Waals surface area contributed by atoms with Crippen molar-refractivity contribution in [3.63, 3.8) is 0 Å². The van der Waals surface area contributed by atoms with Gasteiger partial charge >= 0.3 is 0 Å². The van der Waals surface area contributed by atoms with Gasteiger partial charge in [0, 0.05) is 24.2 Å². The van der Waals surface area contributed by atoms with E-state index in [1.165, 1.54) is 27.3 Å². The topological polar surface area (TPSA) is 24.9 Å². The zero-order valence-corrected chi connectivity index (χ0v) is 13.7. The Morgan fingerprint density at radius 3 is 2.54 bits per heavy atom. The number of nitrogens with one attached hydrogen (secondary N) is 1. The van der Waals surface area contributed by atoms with Crippen LogP contribution in [0.5, 0.6) is 0 Å². The van der Waals surface area contributed by atoms with Gasteiger partial charge in [0.15, 0.2) is 0 Å². The second-order valence-corrected chi connectivity index (χ2v) is 6.21. The average Bonchev–Trinajstić information content (AvgIpc) is 2.65. The van der Waals surface area contributed by atoms with E-state index in [1.807, 2.05) is 18.3 Å². The molecular formula is C22H20N2. The number of nitrogens with zero attached hydrogens (tertiary/aromatic N) is 1. The maximum absolute atomic E-state index is 4.54. The lowest BCUT2D eigenvalue weighted by molar-refractivity contribution is 0.577. The van der Waals surface area contributed by atoms with E-state index < -0.39 is 0 Å². The smallest absolute Gasteiger partial charge is 0.0702 e. The molecule has 1 heterocycles. The lowest BCUT2D eigenvalue weighted by Crippen LogP contribution is -2.18. The molecule has 1 atom stereocenters. The minimum Gasteiger partial charge on any atom is -0.306 e. The van der Waals surface area contributed by atoms with Crippen molar-refractivity contribution in [3.8, 4) is 0 Å². The first-order chi connectivity index (χ1) is 11.8. The molecule has 1 unspecified atom stereocenters. The predicted octanol–water partition coefficient (Wildman–Crippen LogP) is 5.24. The third kappa shape index (κ3) is 2.89. The Morgan fingerprint density at radius 1 is 0.875 bits per heavy atom. The molecule has 2 heteroatoms. The first kappa shape index (κ1) is 14.9. The Hall–Kier alpha value is -2.71. The molecule has 0 spiro atoms. The van der Waals surface area contributed by atoms with Crippen LogP contribution in [0, 0.1) is 0 Å². The van der Waals surface area contributed by atoms with E-state index in [2.05, 4.69) is 77.9 Å². The fourth-order valence-corrected chi connectivity index (χ4v) is 3.22. The molecule has 4 aromatic rings. The molecular weight excluding hydrogens is 292 g/mol. The molecule has 2 nitrogen and oxygen atoms in total. The minimum absolute atomic E-state index is 0.280. The first-order valence-corrected chi connectivity index (χ1v) is 8.36. The Bertz CT molecular complexity index is 986. The second-order valence-electron chi connectivity index (χ2n) is 6.21. The molecule has 0 aliphatic carbocycles. The molecule has 1 N–H and O–H groups in total. The summed E-state index contributed by atoms with van der Waals surface area (Å²) >= 11 is 0. The van der Waals surface area contributed by atoms with Crippen LogP contribution in [0.1, 0.15) is 24.1 Å². The van der Waals surface area contributed by atoms with Gasteiger partial charge in [0.25, 0.3) is 0 Å². The van der Waals surface area contributed by atoms with Crippen LogP contribution in [0.2, 0.25) is 0 Å². The maximum atomic E-state index is 4.54. The van der Waals surface area contributed by atoms with Gasteiger partial charge in [0.2, 0.25) is 0 Å². The van der Waals surface area contributed by atoms with Crippen molar-refractivity contribution >= 4 is 21.7 Å². The number of hydrogen-bond donors (Lipinski definition) is 1. The molecule has 0 radical (unpaired) electrons. The van der Waals surface area contributed by atoms with Crippen molar-refractivity contribution < 1.29 is 0 Å². The van der Waals surface area contributed by atoms with Gasteiger partial charge in [-0.3, -0.25) is 4.98 Å². The van der Waals surface area contributed by atoms with Crippen LogP contribution in [-0.2, 0) is 6.54 Å². The molecule has 24 heavy (non-hydrogen) atoms. The van der Waals surface area contributed by atoms with E-state index in [9.17, 15) is 0 Å². The number of benzene rings is 3. The number of fused-ring (bicyclic) bond motifs is 2. The summed E-state index contributed by atoms with van der Waals surface area (Å²) in [6.07, 6.45) is 1.96.